The van der Waals surface area contributed by atoms with Crippen molar-refractivity contribution in [3.8, 4) is 0 Å². The molecule has 1 saturated carbocycles. The maximum atomic E-state index is 14.1. The van der Waals surface area contributed by atoms with Crippen molar-refractivity contribution >= 4 is 10.0 Å². The predicted octanol–water partition coefficient (Wildman–Crippen LogP) is 1.97. The number of benzene rings is 1. The fourth-order valence-corrected chi connectivity index (χ4v) is 3.76. The second-order valence-electron chi connectivity index (χ2n) is 5.19. The topological polar surface area (TPSA) is 49.4 Å². The van der Waals surface area contributed by atoms with Gasteiger partial charge in [0.05, 0.1) is 0 Å². The van der Waals surface area contributed by atoms with Crippen molar-refractivity contribution in [3.05, 3.63) is 29.6 Å². The SMILES string of the molecule is CCN(CC1CC1)S(=O)(=O)c1ccc(CNC)cc1F. The molecule has 1 N–H and O–H groups in total. The van der Waals surface area contributed by atoms with Gasteiger partial charge in [0.15, 0.2) is 0 Å². The summed E-state index contributed by atoms with van der Waals surface area (Å²) in [5.74, 6) is -0.233. The van der Waals surface area contributed by atoms with Crippen LogP contribution in [0.1, 0.15) is 25.3 Å². The predicted molar refractivity (Wildman–Crippen MR) is 76.3 cm³/mol. The summed E-state index contributed by atoms with van der Waals surface area (Å²) in [5.41, 5.74) is 0.731. The number of sulfonamides is 1. The Labute approximate surface area is 120 Å². The molecule has 0 aromatic heterocycles. The molecule has 1 aromatic rings. The van der Waals surface area contributed by atoms with Gasteiger partial charge >= 0.3 is 0 Å². The van der Waals surface area contributed by atoms with Crippen molar-refractivity contribution in [2.75, 3.05) is 20.1 Å². The molecule has 0 radical (unpaired) electrons. The Bertz CT molecular complexity index is 571. The lowest BCUT2D eigenvalue weighted by Gasteiger charge is -2.20. The van der Waals surface area contributed by atoms with Crippen LogP contribution in [0, 0.1) is 11.7 Å². The molecule has 6 heteroatoms. The third-order valence-corrected chi connectivity index (χ3v) is 5.48. The van der Waals surface area contributed by atoms with Crippen molar-refractivity contribution in [1.82, 2.24) is 9.62 Å². The Morgan fingerprint density at radius 2 is 2.10 bits per heavy atom. The van der Waals surface area contributed by atoms with Gasteiger partial charge < -0.3 is 5.32 Å². The number of rotatable bonds is 7. The summed E-state index contributed by atoms with van der Waals surface area (Å²) in [6.45, 7) is 3.16. The Hall–Kier alpha value is -0.980. The first kappa shape index (κ1) is 15.4. The highest BCUT2D eigenvalue weighted by atomic mass is 32.2. The molecular weight excluding hydrogens is 279 g/mol. The van der Waals surface area contributed by atoms with Crippen molar-refractivity contribution in [2.24, 2.45) is 5.92 Å². The van der Waals surface area contributed by atoms with E-state index in [0.717, 1.165) is 18.4 Å². The van der Waals surface area contributed by atoms with Crippen LogP contribution in [0.5, 0.6) is 0 Å². The molecule has 0 unspecified atom stereocenters. The molecule has 1 aromatic carbocycles. The summed E-state index contributed by atoms with van der Waals surface area (Å²) in [6.07, 6.45) is 2.13. The number of hydrogen-bond donors (Lipinski definition) is 1. The molecule has 4 nitrogen and oxygen atoms in total. The molecule has 0 atom stereocenters. The molecule has 0 saturated heterocycles. The van der Waals surface area contributed by atoms with Crippen LogP contribution in [-0.4, -0.2) is 32.9 Å². The lowest BCUT2D eigenvalue weighted by Crippen LogP contribution is -2.33. The summed E-state index contributed by atoms with van der Waals surface area (Å²) in [4.78, 5) is -0.222. The van der Waals surface area contributed by atoms with E-state index in [9.17, 15) is 12.8 Å². The summed E-state index contributed by atoms with van der Waals surface area (Å²) < 4.78 is 40.4. The van der Waals surface area contributed by atoms with E-state index in [2.05, 4.69) is 5.32 Å². The number of nitrogens with one attached hydrogen (secondary N) is 1. The van der Waals surface area contributed by atoms with Gasteiger partial charge in [-0.1, -0.05) is 13.0 Å². The van der Waals surface area contributed by atoms with E-state index in [0.29, 0.717) is 25.6 Å². The van der Waals surface area contributed by atoms with Crippen LogP contribution in [-0.2, 0) is 16.6 Å². The van der Waals surface area contributed by atoms with Gasteiger partial charge in [-0.2, -0.15) is 4.31 Å². The first-order valence-corrected chi connectivity index (χ1v) is 8.36. The maximum Gasteiger partial charge on any atom is 0.245 e. The van der Waals surface area contributed by atoms with E-state index < -0.39 is 15.8 Å². The van der Waals surface area contributed by atoms with E-state index >= 15 is 0 Å². The molecule has 0 bridgehead atoms. The van der Waals surface area contributed by atoms with Gasteiger partial charge in [0, 0.05) is 19.6 Å². The summed E-state index contributed by atoms with van der Waals surface area (Å²) >= 11 is 0. The molecule has 1 fully saturated rings. The van der Waals surface area contributed by atoms with E-state index in [-0.39, 0.29) is 4.90 Å². The number of halogens is 1. The average molecular weight is 300 g/mol. The zero-order valence-electron chi connectivity index (χ0n) is 11.9. The van der Waals surface area contributed by atoms with E-state index in [1.807, 2.05) is 0 Å². The van der Waals surface area contributed by atoms with Crippen molar-refractivity contribution in [3.63, 3.8) is 0 Å². The minimum atomic E-state index is -3.73. The van der Waals surface area contributed by atoms with Gasteiger partial charge in [-0.05, 0) is 43.5 Å². The molecule has 0 aliphatic heterocycles. The van der Waals surface area contributed by atoms with Gasteiger partial charge in [-0.25, -0.2) is 12.8 Å². The van der Waals surface area contributed by atoms with Gasteiger partial charge in [0.2, 0.25) is 10.0 Å². The molecule has 0 heterocycles. The minimum absolute atomic E-state index is 0.222. The fourth-order valence-electron chi connectivity index (χ4n) is 2.19. The highest BCUT2D eigenvalue weighted by Crippen LogP contribution is 2.32. The molecule has 1 aliphatic rings. The molecule has 0 amide bonds. The highest BCUT2D eigenvalue weighted by Gasteiger charge is 2.32. The highest BCUT2D eigenvalue weighted by molar-refractivity contribution is 7.89. The third kappa shape index (κ3) is 3.37. The Balaban J connectivity index is 2.27. The molecule has 0 spiro atoms. The average Bonchev–Trinajstić information content (AvgIpc) is 3.19. The first-order chi connectivity index (χ1) is 9.48. The van der Waals surface area contributed by atoms with Crippen LogP contribution in [0.15, 0.2) is 23.1 Å². The van der Waals surface area contributed by atoms with Crippen LogP contribution < -0.4 is 5.32 Å². The van der Waals surface area contributed by atoms with Gasteiger partial charge in [-0.3, -0.25) is 0 Å². The zero-order valence-corrected chi connectivity index (χ0v) is 12.7. The molecule has 1 aliphatic carbocycles. The second-order valence-corrected chi connectivity index (χ2v) is 7.10. The smallest absolute Gasteiger partial charge is 0.245 e. The Kier molecular flexibility index (Phi) is 4.78. The normalized spacial score (nSPS) is 15.8. The molecule has 112 valence electrons. The monoisotopic (exact) mass is 300 g/mol. The van der Waals surface area contributed by atoms with E-state index in [4.69, 9.17) is 0 Å². The number of hydrogen-bond acceptors (Lipinski definition) is 3. The zero-order chi connectivity index (χ0) is 14.8. The lowest BCUT2D eigenvalue weighted by molar-refractivity contribution is 0.408. The maximum absolute atomic E-state index is 14.1. The summed E-state index contributed by atoms with van der Waals surface area (Å²) in [7, 11) is -1.97. The standard InChI is InChI=1S/C14H21FN2O2S/c1-3-17(10-11-4-5-11)20(18,19)14-7-6-12(9-16-2)8-13(14)15/h6-8,11,16H,3-5,9-10H2,1-2H3. The largest absolute Gasteiger partial charge is 0.316 e. The molecule has 2 rings (SSSR count). The van der Waals surface area contributed by atoms with Crippen LogP contribution >= 0.6 is 0 Å². The van der Waals surface area contributed by atoms with Crippen molar-refractivity contribution < 1.29 is 12.8 Å². The van der Waals surface area contributed by atoms with Crippen LogP contribution in [0.4, 0.5) is 4.39 Å². The lowest BCUT2D eigenvalue weighted by atomic mass is 10.2. The Morgan fingerprint density at radius 3 is 2.60 bits per heavy atom. The minimum Gasteiger partial charge on any atom is -0.316 e. The van der Waals surface area contributed by atoms with Crippen LogP contribution in [0.2, 0.25) is 0 Å². The van der Waals surface area contributed by atoms with Crippen LogP contribution in [0.3, 0.4) is 0 Å². The molecule has 20 heavy (non-hydrogen) atoms. The molecular formula is C14H21FN2O2S. The van der Waals surface area contributed by atoms with Crippen molar-refractivity contribution in [2.45, 2.75) is 31.2 Å². The van der Waals surface area contributed by atoms with Crippen LogP contribution in [0.25, 0.3) is 0 Å². The number of nitrogens with zero attached hydrogens (tertiary/aromatic N) is 1. The van der Waals surface area contributed by atoms with Crippen molar-refractivity contribution in [1.29, 1.82) is 0 Å². The Morgan fingerprint density at radius 1 is 1.40 bits per heavy atom. The van der Waals surface area contributed by atoms with E-state index in [1.165, 1.54) is 16.4 Å². The third-order valence-electron chi connectivity index (χ3n) is 3.51. The van der Waals surface area contributed by atoms with Gasteiger partial charge in [-0.15, -0.1) is 0 Å². The summed E-state index contributed by atoms with van der Waals surface area (Å²) in [5, 5.41) is 2.91. The summed E-state index contributed by atoms with van der Waals surface area (Å²) in [6, 6.07) is 4.30. The van der Waals surface area contributed by atoms with E-state index in [1.54, 1.807) is 20.0 Å². The second kappa shape index (κ2) is 6.20. The first-order valence-electron chi connectivity index (χ1n) is 6.92. The quantitative estimate of drug-likeness (QED) is 0.837. The fraction of sp³-hybridized carbons (Fsp3) is 0.571. The van der Waals surface area contributed by atoms with Gasteiger partial charge in [0.25, 0.3) is 0 Å². The van der Waals surface area contributed by atoms with Gasteiger partial charge in [0.1, 0.15) is 10.7 Å².